The monoisotopic (exact) mass is 452 g/mol. The van der Waals surface area contributed by atoms with Crippen LogP contribution < -0.4 is 5.32 Å². The van der Waals surface area contributed by atoms with Crippen molar-refractivity contribution in [3.05, 3.63) is 70.0 Å². The minimum Gasteiger partial charge on any atom is -0.290 e. The molecule has 0 bridgehead atoms. The molecular weight excluding hydrogens is 432 g/mol. The van der Waals surface area contributed by atoms with Gasteiger partial charge in [-0.05, 0) is 50.6 Å². The van der Waals surface area contributed by atoms with E-state index < -0.39 is 0 Å². The summed E-state index contributed by atoms with van der Waals surface area (Å²) in [4.78, 5) is 21.9. The van der Waals surface area contributed by atoms with Gasteiger partial charge in [-0.3, -0.25) is 14.7 Å². The molecule has 0 spiro atoms. The number of aromatic nitrogens is 5. The number of nitrogens with one attached hydrogen (secondary N) is 1. The third-order valence-electron chi connectivity index (χ3n) is 4.91. The number of carbonyl (C=O) groups excluding carboxylic acids is 1. The van der Waals surface area contributed by atoms with E-state index >= 15 is 0 Å². The molecule has 158 valence electrons. The Morgan fingerprint density at radius 2 is 1.81 bits per heavy atom. The first-order valence-electron chi connectivity index (χ1n) is 9.82. The van der Waals surface area contributed by atoms with Crippen molar-refractivity contribution in [2.45, 2.75) is 38.2 Å². The van der Waals surface area contributed by atoms with Crippen molar-refractivity contribution in [1.82, 2.24) is 24.7 Å². The molecule has 9 heteroatoms. The molecule has 0 aliphatic rings. The van der Waals surface area contributed by atoms with Crippen LogP contribution in [0.3, 0.4) is 0 Å². The second-order valence-corrected chi connectivity index (χ2v) is 8.33. The fourth-order valence-corrected chi connectivity index (χ4v) is 4.36. The number of halogens is 1. The second kappa shape index (κ2) is 9.03. The van der Waals surface area contributed by atoms with Gasteiger partial charge in [-0.1, -0.05) is 41.6 Å². The van der Waals surface area contributed by atoms with Crippen LogP contribution in [0.2, 0.25) is 5.02 Å². The molecule has 0 saturated heterocycles. The van der Waals surface area contributed by atoms with Crippen LogP contribution in [-0.4, -0.2) is 30.6 Å². The number of aryl methyl sites for hydroxylation is 2. The van der Waals surface area contributed by atoms with E-state index in [0.29, 0.717) is 34.5 Å². The Labute approximate surface area is 189 Å². The lowest BCUT2D eigenvalue weighted by Crippen LogP contribution is -2.16. The van der Waals surface area contributed by atoms with E-state index in [2.05, 4.69) is 25.5 Å². The van der Waals surface area contributed by atoms with Crippen LogP contribution >= 0.6 is 23.4 Å². The summed E-state index contributed by atoms with van der Waals surface area (Å²) in [5.41, 5.74) is 4.67. The quantitative estimate of drug-likeness (QED) is 0.412. The molecule has 2 heterocycles. The smallest absolute Gasteiger partial charge is 0.258 e. The highest BCUT2D eigenvalue weighted by atomic mass is 35.5. The van der Waals surface area contributed by atoms with Crippen LogP contribution in [0.4, 0.5) is 5.95 Å². The Morgan fingerprint density at radius 3 is 2.55 bits per heavy atom. The summed E-state index contributed by atoms with van der Waals surface area (Å²) >= 11 is 7.77. The summed E-state index contributed by atoms with van der Waals surface area (Å²) in [7, 11) is 0. The maximum absolute atomic E-state index is 12.8. The third-order valence-corrected chi connectivity index (χ3v) is 6.29. The Hall–Kier alpha value is -2.97. The summed E-state index contributed by atoms with van der Waals surface area (Å²) in [6.45, 7) is 6.42. The van der Waals surface area contributed by atoms with E-state index in [0.717, 1.165) is 27.5 Å². The first-order valence-corrected chi connectivity index (χ1v) is 11.2. The maximum atomic E-state index is 12.8. The number of rotatable bonds is 6. The van der Waals surface area contributed by atoms with Crippen molar-refractivity contribution in [3.8, 4) is 0 Å². The van der Waals surface area contributed by atoms with Crippen LogP contribution in [0.5, 0.6) is 0 Å². The van der Waals surface area contributed by atoms with E-state index in [1.807, 2.05) is 49.6 Å². The number of carbonyl (C=O) groups is 1. The van der Waals surface area contributed by atoms with Gasteiger partial charge < -0.3 is 0 Å². The van der Waals surface area contributed by atoms with Crippen molar-refractivity contribution in [2.24, 2.45) is 0 Å². The molecule has 0 unspecified atom stereocenters. The van der Waals surface area contributed by atoms with Crippen LogP contribution in [0.15, 0.2) is 47.6 Å². The fourth-order valence-electron chi connectivity index (χ4n) is 3.08. The summed E-state index contributed by atoms with van der Waals surface area (Å²) in [5.74, 6) is 0.792. The van der Waals surface area contributed by atoms with Gasteiger partial charge in [-0.25, -0.2) is 9.97 Å². The average Bonchev–Trinajstić information content (AvgIpc) is 3.15. The molecule has 4 aromatic rings. The Morgan fingerprint density at radius 1 is 1.06 bits per heavy atom. The standard InChI is InChI=1S/C22H21ClN6OS/c1-4-29-21(27-28-22(29)31-12-16-7-5-6-8-17(16)23)26-20(30)15-9-10-18-19(11-15)25-14(3)13(2)24-18/h5-11H,4,12H2,1-3H3,(H,26,27,30). The van der Waals surface area contributed by atoms with Gasteiger partial charge in [0.15, 0.2) is 5.16 Å². The lowest BCUT2D eigenvalue weighted by atomic mass is 10.1. The number of hydrogen-bond acceptors (Lipinski definition) is 6. The highest BCUT2D eigenvalue weighted by molar-refractivity contribution is 7.98. The summed E-state index contributed by atoms with van der Waals surface area (Å²) < 4.78 is 1.87. The number of hydrogen-bond donors (Lipinski definition) is 1. The topological polar surface area (TPSA) is 85.6 Å². The minimum absolute atomic E-state index is 0.272. The van der Waals surface area contributed by atoms with Gasteiger partial charge in [0.25, 0.3) is 5.91 Å². The molecule has 7 nitrogen and oxygen atoms in total. The second-order valence-electron chi connectivity index (χ2n) is 6.98. The Balaban J connectivity index is 1.52. The molecule has 0 aliphatic heterocycles. The molecule has 1 amide bonds. The van der Waals surface area contributed by atoms with Gasteiger partial charge in [-0.2, -0.15) is 0 Å². The zero-order valence-corrected chi connectivity index (χ0v) is 19.0. The SMILES string of the molecule is CCn1c(NC(=O)c2ccc3nc(C)c(C)nc3c2)nnc1SCc1ccccc1Cl. The largest absolute Gasteiger partial charge is 0.290 e. The van der Waals surface area contributed by atoms with Gasteiger partial charge >= 0.3 is 0 Å². The first-order chi connectivity index (χ1) is 15.0. The number of amides is 1. The van der Waals surface area contributed by atoms with Gasteiger partial charge in [0, 0.05) is 22.9 Å². The molecule has 31 heavy (non-hydrogen) atoms. The zero-order valence-electron chi connectivity index (χ0n) is 17.4. The van der Waals surface area contributed by atoms with E-state index in [1.165, 1.54) is 11.8 Å². The van der Waals surface area contributed by atoms with Crippen molar-refractivity contribution in [1.29, 1.82) is 0 Å². The highest BCUT2D eigenvalue weighted by Crippen LogP contribution is 2.27. The number of anilines is 1. The Bertz CT molecular complexity index is 1270. The summed E-state index contributed by atoms with van der Waals surface area (Å²) in [6.07, 6.45) is 0. The van der Waals surface area contributed by atoms with Crippen molar-refractivity contribution in [3.63, 3.8) is 0 Å². The number of thioether (sulfide) groups is 1. The first kappa shape index (κ1) is 21.3. The molecular formula is C22H21ClN6OS. The van der Waals surface area contributed by atoms with Gasteiger partial charge in [0.05, 0.1) is 22.4 Å². The fraction of sp³-hybridized carbons (Fsp3) is 0.227. The minimum atomic E-state index is -0.272. The molecule has 1 N–H and O–H groups in total. The normalized spacial score (nSPS) is 11.1. The van der Waals surface area contributed by atoms with Crippen LogP contribution in [-0.2, 0) is 12.3 Å². The van der Waals surface area contributed by atoms with Crippen molar-refractivity contribution < 1.29 is 4.79 Å². The van der Waals surface area contributed by atoms with E-state index in [-0.39, 0.29) is 5.91 Å². The van der Waals surface area contributed by atoms with Crippen LogP contribution in [0.1, 0.15) is 34.2 Å². The van der Waals surface area contributed by atoms with Crippen molar-refractivity contribution >= 4 is 46.3 Å². The number of nitrogens with zero attached hydrogens (tertiary/aromatic N) is 5. The maximum Gasteiger partial charge on any atom is 0.258 e. The number of fused-ring (bicyclic) bond motifs is 1. The molecule has 0 atom stereocenters. The molecule has 2 aromatic carbocycles. The zero-order chi connectivity index (χ0) is 22.0. The third kappa shape index (κ3) is 4.55. The predicted octanol–water partition coefficient (Wildman–Crippen LogP) is 5.06. The van der Waals surface area contributed by atoms with E-state index in [9.17, 15) is 4.79 Å². The number of benzene rings is 2. The van der Waals surface area contributed by atoms with E-state index in [4.69, 9.17) is 11.6 Å². The Kier molecular flexibility index (Phi) is 6.20. The van der Waals surface area contributed by atoms with E-state index in [1.54, 1.807) is 18.2 Å². The lowest BCUT2D eigenvalue weighted by molar-refractivity contribution is 0.102. The van der Waals surface area contributed by atoms with Crippen molar-refractivity contribution in [2.75, 3.05) is 5.32 Å². The van der Waals surface area contributed by atoms with Crippen LogP contribution in [0.25, 0.3) is 11.0 Å². The molecule has 2 aromatic heterocycles. The lowest BCUT2D eigenvalue weighted by Gasteiger charge is -2.09. The predicted molar refractivity (Wildman–Crippen MR) is 124 cm³/mol. The van der Waals surface area contributed by atoms with Gasteiger partial charge in [0.1, 0.15) is 0 Å². The summed E-state index contributed by atoms with van der Waals surface area (Å²) in [6, 6.07) is 13.0. The molecule has 0 radical (unpaired) electrons. The highest BCUT2D eigenvalue weighted by Gasteiger charge is 2.16. The van der Waals surface area contributed by atoms with Crippen LogP contribution in [0, 0.1) is 13.8 Å². The molecule has 4 rings (SSSR count). The molecule has 0 aliphatic carbocycles. The van der Waals surface area contributed by atoms with Gasteiger partial charge in [-0.15, -0.1) is 10.2 Å². The summed E-state index contributed by atoms with van der Waals surface area (Å²) in [5, 5.41) is 12.7. The average molecular weight is 453 g/mol. The molecule has 0 fully saturated rings. The van der Waals surface area contributed by atoms with Gasteiger partial charge in [0.2, 0.25) is 5.95 Å². The molecule has 0 saturated carbocycles.